The van der Waals surface area contributed by atoms with E-state index in [1.54, 1.807) is 6.07 Å². The number of nitriles is 2. The summed E-state index contributed by atoms with van der Waals surface area (Å²) in [6, 6.07) is 15.7. The minimum absolute atomic E-state index is 0.0583. The van der Waals surface area contributed by atoms with Crippen molar-refractivity contribution in [1.82, 2.24) is 0 Å². The second kappa shape index (κ2) is 12.6. The van der Waals surface area contributed by atoms with E-state index in [0.717, 1.165) is 49.7 Å². The second-order valence-corrected chi connectivity index (χ2v) is 11.5. The van der Waals surface area contributed by atoms with Gasteiger partial charge in [-0.1, -0.05) is 28.1 Å². The number of rotatable bonds is 8. The van der Waals surface area contributed by atoms with Gasteiger partial charge in [0.15, 0.2) is 11.5 Å². The molecule has 0 aliphatic heterocycles. The normalized spacial score (nSPS) is 12.7. The number of anilines is 1. The highest BCUT2D eigenvalue weighted by molar-refractivity contribution is 14.1. The van der Waals surface area contributed by atoms with Crippen molar-refractivity contribution in [3.8, 4) is 23.6 Å². The van der Waals surface area contributed by atoms with Crippen molar-refractivity contribution in [3.63, 3.8) is 0 Å². The number of carbonyl (C=O) groups excluding carboxylic acids is 1. The molecule has 0 bridgehead atoms. The maximum atomic E-state index is 13.0. The SMILES string of the molecule is CCOc1cc(/C=C(\C#N)C(=O)Nc2sc3c(c2C#N)CCCC3)cc(I)c1OCc1ccc(Br)cc1. The van der Waals surface area contributed by atoms with Crippen LogP contribution in [-0.2, 0) is 24.2 Å². The quantitative estimate of drug-likeness (QED) is 0.151. The first-order valence-electron chi connectivity index (χ1n) is 11.7. The summed E-state index contributed by atoms with van der Waals surface area (Å²) in [6.07, 6.45) is 5.41. The highest BCUT2D eigenvalue weighted by Gasteiger charge is 2.23. The molecule has 0 unspecified atom stereocenters. The van der Waals surface area contributed by atoms with Gasteiger partial charge in [-0.15, -0.1) is 11.3 Å². The van der Waals surface area contributed by atoms with E-state index in [4.69, 9.17) is 9.47 Å². The number of benzene rings is 2. The number of hydrogen-bond acceptors (Lipinski definition) is 6. The van der Waals surface area contributed by atoms with E-state index in [1.165, 1.54) is 17.4 Å². The Hall–Kier alpha value is -2.86. The molecule has 1 heterocycles. The molecule has 1 aromatic heterocycles. The Labute approximate surface area is 242 Å². The lowest BCUT2D eigenvalue weighted by Gasteiger charge is -2.15. The van der Waals surface area contributed by atoms with Gasteiger partial charge in [0.1, 0.15) is 29.3 Å². The average molecular weight is 688 g/mol. The van der Waals surface area contributed by atoms with Crippen molar-refractivity contribution in [1.29, 1.82) is 10.5 Å². The zero-order valence-corrected chi connectivity index (χ0v) is 24.6. The topological polar surface area (TPSA) is 95.1 Å². The summed E-state index contributed by atoms with van der Waals surface area (Å²) in [6.45, 7) is 2.69. The maximum Gasteiger partial charge on any atom is 0.266 e. The van der Waals surface area contributed by atoms with Crippen LogP contribution in [0.1, 0.15) is 46.9 Å². The summed E-state index contributed by atoms with van der Waals surface area (Å²) in [7, 11) is 0. The minimum Gasteiger partial charge on any atom is -0.490 e. The molecular formula is C28H23BrIN3O3S. The third-order valence-electron chi connectivity index (χ3n) is 5.81. The molecule has 0 atom stereocenters. The van der Waals surface area contributed by atoms with Crippen molar-refractivity contribution in [2.45, 2.75) is 39.2 Å². The van der Waals surface area contributed by atoms with E-state index < -0.39 is 5.91 Å². The number of hydrogen-bond donors (Lipinski definition) is 1. The second-order valence-electron chi connectivity index (χ2n) is 8.33. The van der Waals surface area contributed by atoms with Crippen LogP contribution in [0.25, 0.3) is 6.08 Å². The number of amides is 1. The number of fused-ring (bicyclic) bond motifs is 1. The summed E-state index contributed by atoms with van der Waals surface area (Å²) in [5.41, 5.74) is 3.15. The molecule has 3 aromatic rings. The molecule has 6 nitrogen and oxygen atoms in total. The Bertz CT molecular complexity index is 1430. The van der Waals surface area contributed by atoms with E-state index >= 15 is 0 Å². The van der Waals surface area contributed by atoms with Gasteiger partial charge in [0, 0.05) is 9.35 Å². The number of aryl methyl sites for hydroxylation is 1. The number of halogens is 2. The third kappa shape index (κ3) is 6.53. The molecule has 1 aliphatic carbocycles. The summed E-state index contributed by atoms with van der Waals surface area (Å²) >= 11 is 7.03. The molecule has 1 aliphatic rings. The van der Waals surface area contributed by atoms with Gasteiger partial charge < -0.3 is 14.8 Å². The lowest BCUT2D eigenvalue weighted by molar-refractivity contribution is -0.112. The molecule has 9 heteroatoms. The molecule has 0 saturated heterocycles. The summed E-state index contributed by atoms with van der Waals surface area (Å²) in [5.74, 6) is 0.600. The molecule has 2 aromatic carbocycles. The van der Waals surface area contributed by atoms with Crippen molar-refractivity contribution >= 4 is 66.8 Å². The average Bonchev–Trinajstić information content (AvgIpc) is 3.24. The van der Waals surface area contributed by atoms with Crippen molar-refractivity contribution < 1.29 is 14.3 Å². The van der Waals surface area contributed by atoms with Crippen LogP contribution in [0.3, 0.4) is 0 Å². The van der Waals surface area contributed by atoms with E-state index in [1.807, 2.05) is 43.3 Å². The molecule has 0 fully saturated rings. The van der Waals surface area contributed by atoms with Crippen LogP contribution in [0.2, 0.25) is 0 Å². The fourth-order valence-corrected chi connectivity index (χ4v) is 6.35. The van der Waals surface area contributed by atoms with Gasteiger partial charge >= 0.3 is 0 Å². The first-order valence-corrected chi connectivity index (χ1v) is 14.4. The van der Waals surface area contributed by atoms with Crippen molar-refractivity contribution in [3.05, 3.63) is 77.1 Å². The molecule has 0 saturated carbocycles. The fourth-order valence-electron chi connectivity index (χ4n) is 4.07. The molecule has 1 N–H and O–H groups in total. The summed E-state index contributed by atoms with van der Waals surface area (Å²) in [5, 5.41) is 22.7. The summed E-state index contributed by atoms with van der Waals surface area (Å²) < 4.78 is 13.7. The van der Waals surface area contributed by atoms with Crippen LogP contribution < -0.4 is 14.8 Å². The van der Waals surface area contributed by atoms with Gasteiger partial charge in [0.05, 0.1) is 15.7 Å². The van der Waals surface area contributed by atoms with Gasteiger partial charge in [0.2, 0.25) is 0 Å². The Morgan fingerprint density at radius 2 is 1.95 bits per heavy atom. The monoisotopic (exact) mass is 687 g/mol. The number of nitrogens with one attached hydrogen (secondary N) is 1. The highest BCUT2D eigenvalue weighted by atomic mass is 127. The van der Waals surface area contributed by atoms with Crippen molar-refractivity contribution in [2.75, 3.05) is 11.9 Å². The van der Waals surface area contributed by atoms with Crippen LogP contribution in [-0.4, -0.2) is 12.5 Å². The molecule has 4 rings (SSSR count). The van der Waals surface area contributed by atoms with Crippen LogP contribution >= 0.6 is 49.9 Å². The Morgan fingerprint density at radius 3 is 2.65 bits per heavy atom. The van der Waals surface area contributed by atoms with Crippen LogP contribution in [0.15, 0.2) is 46.4 Å². The Balaban J connectivity index is 1.57. The molecule has 37 heavy (non-hydrogen) atoms. The lowest BCUT2D eigenvalue weighted by Crippen LogP contribution is -2.13. The third-order valence-corrected chi connectivity index (χ3v) is 8.35. The number of thiophene rings is 1. The van der Waals surface area contributed by atoms with Gasteiger partial charge in [0.25, 0.3) is 5.91 Å². The largest absolute Gasteiger partial charge is 0.490 e. The minimum atomic E-state index is -0.541. The zero-order valence-electron chi connectivity index (χ0n) is 20.1. The number of carbonyl (C=O) groups is 1. The Morgan fingerprint density at radius 1 is 1.19 bits per heavy atom. The molecule has 1 amide bonds. The first kappa shape index (κ1) is 27.2. The number of ether oxygens (including phenoxy) is 2. The predicted molar refractivity (Wildman–Crippen MR) is 157 cm³/mol. The lowest BCUT2D eigenvalue weighted by atomic mass is 9.96. The zero-order chi connectivity index (χ0) is 26.4. The standard InChI is InChI=1S/C28H23BrIN3O3S/c1-2-35-24-13-18(12-23(30)26(24)36-16-17-7-9-20(29)10-8-17)11-19(14-31)27(34)33-28-22(15-32)21-5-3-4-6-25(21)37-28/h7-13H,2-6,16H2,1H3,(H,33,34)/b19-11+. The maximum absolute atomic E-state index is 13.0. The van der Waals surface area contributed by atoms with Crippen LogP contribution in [0, 0.1) is 26.2 Å². The van der Waals surface area contributed by atoms with E-state index in [-0.39, 0.29) is 5.57 Å². The molecule has 0 spiro atoms. The molecule has 188 valence electrons. The van der Waals surface area contributed by atoms with Gasteiger partial charge in [-0.2, -0.15) is 10.5 Å². The fraction of sp³-hybridized carbons (Fsp3) is 0.250. The highest BCUT2D eigenvalue weighted by Crippen LogP contribution is 2.38. The molecule has 0 radical (unpaired) electrons. The van der Waals surface area contributed by atoms with E-state index in [0.29, 0.717) is 40.8 Å². The molecular weight excluding hydrogens is 665 g/mol. The van der Waals surface area contributed by atoms with Crippen LogP contribution in [0.5, 0.6) is 11.5 Å². The van der Waals surface area contributed by atoms with Crippen LogP contribution in [0.4, 0.5) is 5.00 Å². The van der Waals surface area contributed by atoms with E-state index in [2.05, 4.69) is 49.9 Å². The smallest absolute Gasteiger partial charge is 0.266 e. The summed E-state index contributed by atoms with van der Waals surface area (Å²) in [4.78, 5) is 14.2. The first-order chi connectivity index (χ1) is 17.9. The van der Waals surface area contributed by atoms with Crippen molar-refractivity contribution in [2.24, 2.45) is 0 Å². The Kier molecular flexibility index (Phi) is 9.25. The van der Waals surface area contributed by atoms with E-state index in [9.17, 15) is 15.3 Å². The predicted octanol–water partition coefficient (Wildman–Crippen LogP) is 7.39. The number of nitrogens with zero attached hydrogens (tertiary/aromatic N) is 2. The van der Waals surface area contributed by atoms with Gasteiger partial charge in [-0.25, -0.2) is 0 Å². The van der Waals surface area contributed by atoms with Gasteiger partial charge in [-0.3, -0.25) is 4.79 Å². The van der Waals surface area contributed by atoms with Gasteiger partial charge in [-0.05, 0) is 102 Å².